The van der Waals surface area contributed by atoms with Gasteiger partial charge in [-0.2, -0.15) is 0 Å². The van der Waals surface area contributed by atoms with Crippen LogP contribution in [0.5, 0.6) is 5.88 Å². The van der Waals surface area contributed by atoms with Crippen LogP contribution < -0.4 is 4.74 Å². The zero-order valence-electron chi connectivity index (χ0n) is 5.22. The molecule has 2 radical (unpaired) electrons. The second kappa shape index (κ2) is 3.07. The Morgan fingerprint density at radius 2 is 2.67 bits per heavy atom. The van der Waals surface area contributed by atoms with Crippen molar-refractivity contribution < 1.29 is 4.74 Å². The Bertz CT molecular complexity index is 162. The SMILES string of the molecule is CCOc1c[c]c[c]n1. The molecule has 0 atom stereocenters. The maximum atomic E-state index is 5.03. The molecule has 0 amide bonds. The summed E-state index contributed by atoms with van der Waals surface area (Å²) in [7, 11) is 0. The summed E-state index contributed by atoms with van der Waals surface area (Å²) in [5, 5.41) is 0. The first-order valence-electron chi connectivity index (χ1n) is 2.80. The highest BCUT2D eigenvalue weighted by molar-refractivity contribution is 5.06. The standard InChI is InChI=1S/C7H7NO/c1-2-9-7-5-3-4-6-8-7/h4-5H,2H2,1H3. The molecule has 0 fully saturated rings. The lowest BCUT2D eigenvalue weighted by atomic mass is 10.5. The van der Waals surface area contributed by atoms with E-state index >= 15 is 0 Å². The van der Waals surface area contributed by atoms with E-state index in [0.29, 0.717) is 12.5 Å². The molecule has 0 spiro atoms. The van der Waals surface area contributed by atoms with Crippen molar-refractivity contribution in [1.82, 2.24) is 4.98 Å². The average Bonchev–Trinajstić information content (AvgIpc) is 1.91. The minimum atomic E-state index is 0.583. The van der Waals surface area contributed by atoms with Crippen molar-refractivity contribution >= 4 is 0 Å². The van der Waals surface area contributed by atoms with Gasteiger partial charge in [-0.25, -0.2) is 4.98 Å². The summed E-state index contributed by atoms with van der Waals surface area (Å²) in [5.74, 6) is 0.583. The molecule has 0 aliphatic heterocycles. The molecule has 2 nitrogen and oxygen atoms in total. The first-order chi connectivity index (χ1) is 4.43. The van der Waals surface area contributed by atoms with Gasteiger partial charge in [-0.05, 0) is 19.1 Å². The number of pyridine rings is 1. The van der Waals surface area contributed by atoms with Crippen molar-refractivity contribution in [3.05, 3.63) is 24.4 Å². The lowest BCUT2D eigenvalue weighted by molar-refractivity contribution is 0.326. The van der Waals surface area contributed by atoms with Crippen LogP contribution >= 0.6 is 0 Å². The summed E-state index contributed by atoms with van der Waals surface area (Å²) in [6.07, 6.45) is 2.62. The van der Waals surface area contributed by atoms with E-state index in [2.05, 4.69) is 17.2 Å². The van der Waals surface area contributed by atoms with Crippen LogP contribution in [-0.4, -0.2) is 11.6 Å². The first kappa shape index (κ1) is 6.08. The van der Waals surface area contributed by atoms with Gasteiger partial charge >= 0.3 is 0 Å². The Morgan fingerprint density at radius 1 is 1.78 bits per heavy atom. The van der Waals surface area contributed by atoms with Gasteiger partial charge in [0.1, 0.15) is 0 Å². The Kier molecular flexibility index (Phi) is 2.07. The third-order valence-corrected chi connectivity index (χ3v) is 0.822. The van der Waals surface area contributed by atoms with Crippen LogP contribution in [0.3, 0.4) is 0 Å². The summed E-state index contributed by atoms with van der Waals surface area (Å²) in [5.41, 5.74) is 0. The van der Waals surface area contributed by atoms with Crippen molar-refractivity contribution in [3.63, 3.8) is 0 Å². The molecule has 1 aromatic rings. The van der Waals surface area contributed by atoms with Crippen molar-refractivity contribution in [2.24, 2.45) is 0 Å². The zero-order valence-corrected chi connectivity index (χ0v) is 5.22. The monoisotopic (exact) mass is 121 g/mol. The molecule has 0 aliphatic rings. The number of hydrogen-bond donors (Lipinski definition) is 0. The number of rotatable bonds is 2. The van der Waals surface area contributed by atoms with Gasteiger partial charge in [0.2, 0.25) is 5.88 Å². The van der Waals surface area contributed by atoms with E-state index in [1.54, 1.807) is 12.1 Å². The second-order valence-corrected chi connectivity index (χ2v) is 1.47. The van der Waals surface area contributed by atoms with Crippen molar-refractivity contribution in [3.8, 4) is 5.88 Å². The van der Waals surface area contributed by atoms with Gasteiger partial charge in [-0.15, -0.1) is 0 Å². The fourth-order valence-electron chi connectivity index (χ4n) is 0.500. The molecule has 1 heterocycles. The van der Waals surface area contributed by atoms with Crippen LogP contribution in [0.15, 0.2) is 12.1 Å². The van der Waals surface area contributed by atoms with E-state index in [9.17, 15) is 0 Å². The highest BCUT2D eigenvalue weighted by Gasteiger charge is 1.86. The fourth-order valence-corrected chi connectivity index (χ4v) is 0.500. The third kappa shape index (κ3) is 1.72. The summed E-state index contributed by atoms with van der Waals surface area (Å²) in [4.78, 5) is 3.79. The average molecular weight is 121 g/mol. The van der Waals surface area contributed by atoms with Crippen LogP contribution in [0.1, 0.15) is 6.92 Å². The van der Waals surface area contributed by atoms with Crippen LogP contribution in [0, 0.1) is 12.3 Å². The minimum Gasteiger partial charge on any atom is -0.478 e. The fraction of sp³-hybridized carbons (Fsp3) is 0.286. The molecule has 2 heteroatoms. The largest absolute Gasteiger partial charge is 0.478 e. The predicted octanol–water partition coefficient (Wildman–Crippen LogP) is 1.08. The van der Waals surface area contributed by atoms with Crippen LogP contribution in [0.25, 0.3) is 0 Å². The van der Waals surface area contributed by atoms with Gasteiger partial charge in [0.15, 0.2) is 0 Å². The van der Waals surface area contributed by atoms with Gasteiger partial charge in [-0.1, -0.05) is 0 Å². The maximum Gasteiger partial charge on any atom is 0.214 e. The van der Waals surface area contributed by atoms with Crippen molar-refractivity contribution in [2.45, 2.75) is 6.92 Å². The lowest BCUT2D eigenvalue weighted by Gasteiger charge is -1.96. The van der Waals surface area contributed by atoms with Crippen LogP contribution in [-0.2, 0) is 0 Å². The van der Waals surface area contributed by atoms with E-state index in [4.69, 9.17) is 4.74 Å². The molecule has 0 saturated carbocycles. The van der Waals surface area contributed by atoms with Gasteiger partial charge in [0.05, 0.1) is 12.8 Å². The Balaban J connectivity index is 2.61. The third-order valence-electron chi connectivity index (χ3n) is 0.822. The van der Waals surface area contributed by atoms with Crippen LogP contribution in [0.2, 0.25) is 0 Å². The van der Waals surface area contributed by atoms with E-state index in [-0.39, 0.29) is 0 Å². The molecular formula is C7H7NO. The molecule has 0 saturated heterocycles. The number of nitrogens with zero attached hydrogens (tertiary/aromatic N) is 1. The molecule has 9 heavy (non-hydrogen) atoms. The molecule has 0 aliphatic carbocycles. The van der Waals surface area contributed by atoms with Gasteiger partial charge in [0, 0.05) is 6.07 Å². The minimum absolute atomic E-state index is 0.583. The molecule has 46 valence electrons. The van der Waals surface area contributed by atoms with E-state index in [0.717, 1.165) is 0 Å². The summed E-state index contributed by atoms with van der Waals surface area (Å²) < 4.78 is 5.03. The Labute approximate surface area is 54.5 Å². The Hall–Kier alpha value is -1.05. The highest BCUT2D eigenvalue weighted by atomic mass is 16.5. The maximum absolute atomic E-state index is 5.03. The molecule has 0 N–H and O–H groups in total. The molecule has 0 aromatic carbocycles. The van der Waals surface area contributed by atoms with E-state index < -0.39 is 0 Å². The lowest BCUT2D eigenvalue weighted by Crippen LogP contribution is -1.92. The molecule has 0 bridgehead atoms. The van der Waals surface area contributed by atoms with Gasteiger partial charge in [-0.3, -0.25) is 0 Å². The number of aromatic nitrogens is 1. The quantitative estimate of drug-likeness (QED) is 0.584. The Morgan fingerprint density at radius 3 is 3.22 bits per heavy atom. The summed E-state index contributed by atoms with van der Waals surface area (Å²) >= 11 is 0. The molecule has 1 rings (SSSR count). The molecule has 1 aromatic heterocycles. The van der Waals surface area contributed by atoms with E-state index in [1.807, 2.05) is 6.92 Å². The van der Waals surface area contributed by atoms with Crippen molar-refractivity contribution in [1.29, 1.82) is 0 Å². The molecular weight excluding hydrogens is 114 g/mol. The van der Waals surface area contributed by atoms with E-state index in [1.165, 1.54) is 0 Å². The smallest absolute Gasteiger partial charge is 0.214 e. The first-order valence-corrected chi connectivity index (χ1v) is 2.80. The topological polar surface area (TPSA) is 22.1 Å². The van der Waals surface area contributed by atoms with Gasteiger partial charge < -0.3 is 4.74 Å². The number of hydrogen-bond acceptors (Lipinski definition) is 2. The normalized spacial score (nSPS) is 9.00. The number of ether oxygens (including phenoxy) is 1. The van der Waals surface area contributed by atoms with Crippen molar-refractivity contribution in [2.75, 3.05) is 6.61 Å². The zero-order chi connectivity index (χ0) is 6.53. The van der Waals surface area contributed by atoms with Crippen LogP contribution in [0.4, 0.5) is 0 Å². The second-order valence-electron chi connectivity index (χ2n) is 1.47. The summed E-state index contributed by atoms with van der Waals surface area (Å²) in [6, 6.07) is 6.10. The van der Waals surface area contributed by atoms with Gasteiger partial charge in [0.25, 0.3) is 0 Å². The molecule has 0 unspecified atom stereocenters. The highest BCUT2D eigenvalue weighted by Crippen LogP contribution is 2.00. The predicted molar refractivity (Wildman–Crippen MR) is 33.1 cm³/mol. The summed E-state index contributed by atoms with van der Waals surface area (Å²) in [6.45, 7) is 2.55.